The zero-order valence-corrected chi connectivity index (χ0v) is 15.9. The minimum Gasteiger partial charge on any atom is -0.490 e. The first-order chi connectivity index (χ1) is 12.6. The number of rotatable bonds is 7. The average molecular weight is 356 g/mol. The highest BCUT2D eigenvalue weighted by Gasteiger charge is 2.23. The summed E-state index contributed by atoms with van der Waals surface area (Å²) < 4.78 is 5.92. The van der Waals surface area contributed by atoms with Crippen LogP contribution in [0.5, 0.6) is 5.75 Å². The summed E-state index contributed by atoms with van der Waals surface area (Å²) in [6.45, 7) is 9.58. The molecule has 4 heteroatoms. The topological polar surface area (TPSA) is 37.1 Å². The number of quaternary nitrogens is 1. The molecule has 1 heterocycles. The van der Waals surface area contributed by atoms with E-state index in [-0.39, 0.29) is 0 Å². The van der Waals surface area contributed by atoms with Gasteiger partial charge < -0.3 is 19.6 Å². The maximum atomic E-state index is 10.4. The first-order valence-electron chi connectivity index (χ1n) is 9.67. The van der Waals surface area contributed by atoms with Gasteiger partial charge in [0.2, 0.25) is 0 Å². The lowest BCUT2D eigenvalue weighted by molar-refractivity contribution is -0.903. The lowest BCUT2D eigenvalue weighted by Gasteiger charge is -2.34. The number of anilines is 1. The van der Waals surface area contributed by atoms with Gasteiger partial charge in [-0.05, 0) is 29.7 Å². The lowest BCUT2D eigenvalue weighted by atomic mass is 10.0. The van der Waals surface area contributed by atoms with Gasteiger partial charge in [-0.2, -0.15) is 0 Å². The van der Waals surface area contributed by atoms with Crippen LogP contribution in [-0.2, 0) is 0 Å². The van der Waals surface area contributed by atoms with Gasteiger partial charge in [-0.25, -0.2) is 0 Å². The molecule has 4 nitrogen and oxygen atoms in total. The Bertz CT molecular complexity index is 667. The second-order valence-electron chi connectivity index (χ2n) is 7.43. The van der Waals surface area contributed by atoms with E-state index in [1.165, 1.54) is 16.2 Å². The Labute approximate surface area is 157 Å². The van der Waals surface area contributed by atoms with E-state index in [1.807, 2.05) is 18.2 Å². The van der Waals surface area contributed by atoms with Crippen molar-refractivity contribution in [3.63, 3.8) is 0 Å². The van der Waals surface area contributed by atoms with Crippen molar-refractivity contribution >= 4 is 5.69 Å². The standard InChI is InChI=1S/C22H30N2O2/c1-18(2)21-10-6-7-11-22(21)26-17-20(25)16-23-12-14-24(15-13-23)19-8-4-3-5-9-19/h3-11,18,20,25H,12-17H2,1-2H3/p+1/t20-/m1/s1. The zero-order valence-electron chi connectivity index (χ0n) is 15.9. The molecule has 1 fully saturated rings. The molecular formula is C22H31N2O2+. The van der Waals surface area contributed by atoms with Crippen molar-refractivity contribution in [2.45, 2.75) is 25.9 Å². The number of aliphatic hydroxyl groups excluding tert-OH is 1. The normalized spacial score (nSPS) is 16.7. The van der Waals surface area contributed by atoms with Gasteiger partial charge in [-0.15, -0.1) is 0 Å². The fraction of sp³-hybridized carbons (Fsp3) is 0.455. The molecule has 2 N–H and O–H groups in total. The Morgan fingerprint density at radius 3 is 2.35 bits per heavy atom. The second kappa shape index (κ2) is 9.06. The summed E-state index contributed by atoms with van der Waals surface area (Å²) >= 11 is 0. The fourth-order valence-corrected chi connectivity index (χ4v) is 3.59. The highest BCUT2D eigenvalue weighted by molar-refractivity contribution is 5.46. The molecule has 140 valence electrons. The highest BCUT2D eigenvalue weighted by atomic mass is 16.5. The number of nitrogens with one attached hydrogen (secondary N) is 1. The van der Waals surface area contributed by atoms with Crippen LogP contribution in [0.25, 0.3) is 0 Å². The van der Waals surface area contributed by atoms with Gasteiger partial charge in [-0.1, -0.05) is 50.2 Å². The summed E-state index contributed by atoms with van der Waals surface area (Å²) in [5, 5.41) is 10.4. The molecule has 26 heavy (non-hydrogen) atoms. The van der Waals surface area contributed by atoms with Crippen molar-refractivity contribution in [3.8, 4) is 5.75 Å². The lowest BCUT2D eigenvalue weighted by Crippen LogP contribution is -3.16. The molecule has 0 amide bonds. The first kappa shape index (κ1) is 18.7. The Hall–Kier alpha value is -2.04. The molecule has 0 unspecified atom stereocenters. The van der Waals surface area contributed by atoms with Gasteiger partial charge in [0.15, 0.2) is 0 Å². The van der Waals surface area contributed by atoms with Gasteiger partial charge in [0, 0.05) is 5.69 Å². The third-order valence-electron chi connectivity index (χ3n) is 5.09. The Morgan fingerprint density at radius 2 is 1.65 bits per heavy atom. The molecular weight excluding hydrogens is 324 g/mol. The largest absolute Gasteiger partial charge is 0.490 e. The summed E-state index contributed by atoms with van der Waals surface area (Å²) in [6.07, 6.45) is -0.437. The van der Waals surface area contributed by atoms with Gasteiger partial charge in [0.1, 0.15) is 25.0 Å². The number of benzene rings is 2. The molecule has 2 aromatic carbocycles. The predicted octanol–water partition coefficient (Wildman–Crippen LogP) is 1.95. The molecule has 1 atom stereocenters. The minimum absolute atomic E-state index is 0.357. The average Bonchev–Trinajstić information content (AvgIpc) is 2.68. The van der Waals surface area contributed by atoms with Crippen LogP contribution in [0.4, 0.5) is 5.69 Å². The van der Waals surface area contributed by atoms with Crippen molar-refractivity contribution in [3.05, 3.63) is 60.2 Å². The van der Waals surface area contributed by atoms with Crippen LogP contribution in [0, 0.1) is 0 Å². The summed E-state index contributed by atoms with van der Waals surface area (Å²) in [6, 6.07) is 18.7. The second-order valence-corrected chi connectivity index (χ2v) is 7.43. The third kappa shape index (κ3) is 4.99. The van der Waals surface area contributed by atoms with Crippen LogP contribution in [0.3, 0.4) is 0 Å². The van der Waals surface area contributed by atoms with Crippen LogP contribution in [0.15, 0.2) is 54.6 Å². The van der Waals surface area contributed by atoms with Crippen LogP contribution in [0.2, 0.25) is 0 Å². The molecule has 0 aliphatic carbocycles. The van der Waals surface area contributed by atoms with E-state index in [2.05, 4.69) is 55.1 Å². The molecule has 0 aromatic heterocycles. The highest BCUT2D eigenvalue weighted by Crippen LogP contribution is 2.25. The van der Waals surface area contributed by atoms with Gasteiger partial charge in [0.25, 0.3) is 0 Å². The van der Waals surface area contributed by atoms with Crippen molar-refractivity contribution in [2.75, 3.05) is 44.2 Å². The molecule has 0 radical (unpaired) electrons. The number of ether oxygens (including phenoxy) is 1. The van der Waals surface area contributed by atoms with Crippen molar-refractivity contribution in [1.29, 1.82) is 0 Å². The van der Waals surface area contributed by atoms with E-state index in [4.69, 9.17) is 4.74 Å². The molecule has 1 saturated heterocycles. The molecule has 2 aromatic rings. The van der Waals surface area contributed by atoms with E-state index >= 15 is 0 Å². The van der Waals surface area contributed by atoms with E-state index in [0.717, 1.165) is 38.5 Å². The number of para-hydroxylation sites is 2. The van der Waals surface area contributed by atoms with E-state index in [1.54, 1.807) is 0 Å². The molecule has 0 saturated carbocycles. The molecule has 1 aliphatic heterocycles. The first-order valence-corrected chi connectivity index (χ1v) is 9.67. The number of nitrogens with zero attached hydrogens (tertiary/aromatic N) is 1. The predicted molar refractivity (Wildman–Crippen MR) is 106 cm³/mol. The third-order valence-corrected chi connectivity index (χ3v) is 5.09. The van der Waals surface area contributed by atoms with E-state index < -0.39 is 6.10 Å². The monoisotopic (exact) mass is 355 g/mol. The van der Waals surface area contributed by atoms with Crippen molar-refractivity contribution in [1.82, 2.24) is 0 Å². The van der Waals surface area contributed by atoms with Crippen molar-refractivity contribution in [2.24, 2.45) is 0 Å². The van der Waals surface area contributed by atoms with Gasteiger partial charge in [-0.3, -0.25) is 0 Å². The maximum absolute atomic E-state index is 10.4. The summed E-state index contributed by atoms with van der Waals surface area (Å²) in [5.41, 5.74) is 2.49. The molecule has 1 aliphatic rings. The number of hydrogen-bond donors (Lipinski definition) is 2. The van der Waals surface area contributed by atoms with Crippen molar-refractivity contribution < 1.29 is 14.7 Å². The Balaban J connectivity index is 1.44. The van der Waals surface area contributed by atoms with Crippen LogP contribution in [-0.4, -0.2) is 50.5 Å². The quantitative estimate of drug-likeness (QED) is 0.797. The molecule has 3 rings (SSSR count). The smallest absolute Gasteiger partial charge is 0.137 e. The Morgan fingerprint density at radius 1 is 1.00 bits per heavy atom. The summed E-state index contributed by atoms with van der Waals surface area (Å²) in [4.78, 5) is 3.87. The van der Waals surface area contributed by atoms with Crippen LogP contribution in [0.1, 0.15) is 25.3 Å². The zero-order chi connectivity index (χ0) is 18.4. The minimum atomic E-state index is -0.437. The summed E-state index contributed by atoms with van der Waals surface area (Å²) in [5.74, 6) is 1.31. The Kier molecular flexibility index (Phi) is 6.53. The maximum Gasteiger partial charge on any atom is 0.137 e. The fourth-order valence-electron chi connectivity index (χ4n) is 3.59. The molecule has 0 bridgehead atoms. The van der Waals surface area contributed by atoms with E-state index in [0.29, 0.717) is 12.5 Å². The molecule has 0 spiro atoms. The van der Waals surface area contributed by atoms with E-state index in [9.17, 15) is 5.11 Å². The van der Waals surface area contributed by atoms with Gasteiger partial charge in [0.05, 0.1) is 26.2 Å². The summed E-state index contributed by atoms with van der Waals surface area (Å²) in [7, 11) is 0. The SMILES string of the molecule is CC(C)c1ccccc1OC[C@H](O)C[NH+]1CCN(c2ccccc2)CC1. The van der Waals surface area contributed by atoms with Crippen LogP contribution < -0.4 is 14.5 Å². The number of piperazine rings is 1. The van der Waals surface area contributed by atoms with Crippen LogP contribution >= 0.6 is 0 Å². The number of aliphatic hydroxyl groups is 1. The number of hydrogen-bond acceptors (Lipinski definition) is 3. The van der Waals surface area contributed by atoms with Gasteiger partial charge >= 0.3 is 0 Å².